The first-order valence-electron chi connectivity index (χ1n) is 7.15. The Morgan fingerprint density at radius 3 is 2.55 bits per heavy atom. The van der Waals surface area contributed by atoms with Crippen LogP contribution in [0.2, 0.25) is 5.02 Å². The van der Waals surface area contributed by atoms with Crippen molar-refractivity contribution in [3.8, 4) is 11.8 Å². The van der Waals surface area contributed by atoms with Gasteiger partial charge in [-0.15, -0.1) is 0 Å². The highest BCUT2D eigenvalue weighted by atomic mass is 35.5. The average Bonchev–Trinajstić information content (AvgIpc) is 2.53. The van der Waals surface area contributed by atoms with E-state index in [0.29, 0.717) is 16.9 Å². The molecular weight excluding hydrogens is 298 g/mol. The lowest BCUT2D eigenvalue weighted by atomic mass is 10.1. The lowest BCUT2D eigenvalue weighted by molar-refractivity contribution is 0.0735. The van der Waals surface area contributed by atoms with E-state index in [9.17, 15) is 4.79 Å². The summed E-state index contributed by atoms with van der Waals surface area (Å²) in [5.41, 5.74) is 2.04. The molecule has 2 aromatic carbocycles. The Hall–Kier alpha value is -2.31. The number of ether oxygens (including phenoxy) is 1. The van der Waals surface area contributed by atoms with Crippen molar-refractivity contribution in [1.82, 2.24) is 0 Å². The fourth-order valence-electron chi connectivity index (χ4n) is 2.00. The zero-order valence-corrected chi connectivity index (χ0v) is 13.1. The van der Waals surface area contributed by atoms with Crippen molar-refractivity contribution in [2.75, 3.05) is 0 Å². The van der Waals surface area contributed by atoms with Gasteiger partial charge in [0.15, 0.2) is 0 Å². The number of hydrogen-bond acceptors (Lipinski definition) is 3. The van der Waals surface area contributed by atoms with E-state index in [0.717, 1.165) is 19.3 Å². The zero-order valence-electron chi connectivity index (χ0n) is 12.3. The first kappa shape index (κ1) is 16.1. The number of nitrogens with zero attached hydrogens (tertiary/aromatic N) is 1. The fraction of sp³-hybridized carbons (Fsp3) is 0.222. The van der Waals surface area contributed by atoms with Gasteiger partial charge in [0, 0.05) is 6.07 Å². The van der Waals surface area contributed by atoms with Gasteiger partial charge in [0.1, 0.15) is 11.8 Å². The van der Waals surface area contributed by atoms with Gasteiger partial charge in [0.25, 0.3) is 0 Å². The molecule has 2 rings (SSSR count). The zero-order chi connectivity index (χ0) is 15.9. The second-order valence-corrected chi connectivity index (χ2v) is 5.35. The normalized spacial score (nSPS) is 10.0. The van der Waals surface area contributed by atoms with Crippen LogP contribution in [0, 0.1) is 11.3 Å². The van der Waals surface area contributed by atoms with Crippen LogP contribution in [0.1, 0.15) is 41.3 Å². The molecule has 0 aliphatic carbocycles. The molecule has 22 heavy (non-hydrogen) atoms. The Morgan fingerprint density at radius 1 is 1.23 bits per heavy atom. The molecule has 3 nitrogen and oxygen atoms in total. The lowest BCUT2D eigenvalue weighted by Crippen LogP contribution is -2.08. The lowest BCUT2D eigenvalue weighted by Gasteiger charge is -2.06. The molecule has 0 unspecified atom stereocenters. The Balaban J connectivity index is 2.06. The number of benzene rings is 2. The first-order chi connectivity index (χ1) is 10.6. The van der Waals surface area contributed by atoms with E-state index in [1.165, 1.54) is 17.7 Å². The van der Waals surface area contributed by atoms with Gasteiger partial charge in [0.2, 0.25) is 0 Å². The van der Waals surface area contributed by atoms with E-state index in [2.05, 4.69) is 6.92 Å². The van der Waals surface area contributed by atoms with Gasteiger partial charge >= 0.3 is 5.97 Å². The summed E-state index contributed by atoms with van der Waals surface area (Å²) in [4.78, 5) is 12.1. The predicted molar refractivity (Wildman–Crippen MR) is 86.2 cm³/mol. The minimum atomic E-state index is -0.442. The maximum Gasteiger partial charge on any atom is 0.343 e. The van der Waals surface area contributed by atoms with Gasteiger partial charge < -0.3 is 4.74 Å². The molecule has 0 bridgehead atoms. The standard InChI is InChI=1S/C18H16ClNO2/c1-2-3-4-13-5-7-14(8-6-13)18(21)22-16-10-9-15(12-20)17(19)11-16/h5-11H,2-4H2,1H3. The van der Waals surface area contributed by atoms with Crippen molar-refractivity contribution in [2.45, 2.75) is 26.2 Å². The maximum absolute atomic E-state index is 12.1. The molecule has 0 aliphatic heterocycles. The van der Waals surface area contributed by atoms with Crippen LogP contribution in [0.3, 0.4) is 0 Å². The summed E-state index contributed by atoms with van der Waals surface area (Å²) in [5.74, 6) is -0.119. The largest absolute Gasteiger partial charge is 0.423 e. The molecule has 0 atom stereocenters. The van der Waals surface area contributed by atoms with Gasteiger partial charge in [-0.2, -0.15) is 5.26 Å². The van der Waals surface area contributed by atoms with Crippen molar-refractivity contribution >= 4 is 17.6 Å². The number of hydrogen-bond donors (Lipinski definition) is 0. The molecule has 0 saturated carbocycles. The predicted octanol–water partition coefficient (Wildman–Crippen LogP) is 4.77. The van der Waals surface area contributed by atoms with Gasteiger partial charge in [-0.05, 0) is 42.7 Å². The smallest absolute Gasteiger partial charge is 0.343 e. The highest BCUT2D eigenvalue weighted by Crippen LogP contribution is 2.22. The van der Waals surface area contributed by atoms with Crippen LogP contribution in [-0.2, 0) is 6.42 Å². The molecule has 0 N–H and O–H groups in total. The fourth-order valence-corrected chi connectivity index (χ4v) is 2.22. The molecule has 4 heteroatoms. The molecule has 0 amide bonds. The summed E-state index contributed by atoms with van der Waals surface area (Å²) in [6.45, 7) is 2.15. The van der Waals surface area contributed by atoms with Crippen molar-refractivity contribution in [3.05, 3.63) is 64.2 Å². The average molecular weight is 314 g/mol. The molecular formula is C18H16ClNO2. The number of halogens is 1. The van der Waals surface area contributed by atoms with Crippen LogP contribution in [0.25, 0.3) is 0 Å². The van der Waals surface area contributed by atoms with Crippen LogP contribution in [0.15, 0.2) is 42.5 Å². The van der Waals surface area contributed by atoms with Crippen molar-refractivity contribution < 1.29 is 9.53 Å². The summed E-state index contributed by atoms with van der Waals surface area (Å²) >= 11 is 5.91. The Morgan fingerprint density at radius 2 is 1.95 bits per heavy atom. The summed E-state index contributed by atoms with van der Waals surface area (Å²) in [6, 6.07) is 13.9. The van der Waals surface area contributed by atoms with E-state index in [1.54, 1.807) is 18.2 Å². The summed E-state index contributed by atoms with van der Waals surface area (Å²) in [6.07, 6.45) is 3.29. The quantitative estimate of drug-likeness (QED) is 0.590. The topological polar surface area (TPSA) is 50.1 Å². The number of esters is 1. The Kier molecular flexibility index (Phi) is 5.57. The van der Waals surface area contributed by atoms with E-state index < -0.39 is 5.97 Å². The molecule has 0 radical (unpaired) electrons. The number of aryl methyl sites for hydroxylation is 1. The molecule has 2 aromatic rings. The van der Waals surface area contributed by atoms with E-state index in [-0.39, 0.29) is 5.02 Å². The van der Waals surface area contributed by atoms with Crippen molar-refractivity contribution in [3.63, 3.8) is 0 Å². The molecule has 0 heterocycles. The highest BCUT2D eigenvalue weighted by molar-refractivity contribution is 6.31. The van der Waals surface area contributed by atoms with Gasteiger partial charge in [-0.3, -0.25) is 0 Å². The third-order valence-corrected chi connectivity index (χ3v) is 3.59. The summed E-state index contributed by atoms with van der Waals surface area (Å²) in [7, 11) is 0. The number of nitriles is 1. The van der Waals surface area contributed by atoms with Crippen LogP contribution in [0.4, 0.5) is 0 Å². The van der Waals surface area contributed by atoms with Crippen LogP contribution in [0.5, 0.6) is 5.75 Å². The van der Waals surface area contributed by atoms with E-state index >= 15 is 0 Å². The van der Waals surface area contributed by atoms with E-state index in [4.69, 9.17) is 21.6 Å². The Labute approximate surface area is 135 Å². The van der Waals surface area contributed by atoms with Crippen molar-refractivity contribution in [2.24, 2.45) is 0 Å². The first-order valence-corrected chi connectivity index (χ1v) is 7.52. The molecule has 0 spiro atoms. The second-order valence-electron chi connectivity index (χ2n) is 4.94. The summed E-state index contributed by atoms with van der Waals surface area (Å²) in [5, 5.41) is 9.08. The number of rotatable bonds is 5. The second kappa shape index (κ2) is 7.63. The van der Waals surface area contributed by atoms with Gasteiger partial charge in [-0.25, -0.2) is 4.79 Å². The molecule has 112 valence electrons. The number of carbonyl (C=O) groups is 1. The number of carbonyl (C=O) groups excluding carboxylic acids is 1. The highest BCUT2D eigenvalue weighted by Gasteiger charge is 2.10. The van der Waals surface area contributed by atoms with Gasteiger partial charge in [-0.1, -0.05) is 37.1 Å². The minimum absolute atomic E-state index is 0.266. The van der Waals surface area contributed by atoms with Crippen molar-refractivity contribution in [1.29, 1.82) is 5.26 Å². The summed E-state index contributed by atoms with van der Waals surface area (Å²) < 4.78 is 5.27. The van der Waals surface area contributed by atoms with Crippen LogP contribution >= 0.6 is 11.6 Å². The minimum Gasteiger partial charge on any atom is -0.423 e. The van der Waals surface area contributed by atoms with Gasteiger partial charge in [0.05, 0.1) is 16.1 Å². The van der Waals surface area contributed by atoms with Crippen LogP contribution in [-0.4, -0.2) is 5.97 Å². The number of unbranched alkanes of at least 4 members (excludes halogenated alkanes) is 1. The Bertz CT molecular complexity index is 702. The van der Waals surface area contributed by atoms with Crippen LogP contribution < -0.4 is 4.74 Å². The van der Waals surface area contributed by atoms with E-state index in [1.807, 2.05) is 18.2 Å². The molecule has 0 fully saturated rings. The third-order valence-electron chi connectivity index (χ3n) is 3.28. The third kappa shape index (κ3) is 4.09. The molecule has 0 aromatic heterocycles. The molecule has 0 saturated heterocycles. The SMILES string of the molecule is CCCCc1ccc(C(=O)Oc2ccc(C#N)c(Cl)c2)cc1. The monoisotopic (exact) mass is 313 g/mol. The molecule has 0 aliphatic rings. The maximum atomic E-state index is 12.1.